The third-order valence-corrected chi connectivity index (χ3v) is 3.73. The smallest absolute Gasteiger partial charge is 0.0698 e. The van der Waals surface area contributed by atoms with Crippen molar-refractivity contribution in [2.24, 2.45) is 11.8 Å². The van der Waals surface area contributed by atoms with Crippen LogP contribution in [0.2, 0.25) is 0 Å². The third-order valence-electron chi connectivity index (χ3n) is 3.73. The third kappa shape index (κ3) is 3.42. The molecule has 0 aromatic carbocycles. The first-order chi connectivity index (χ1) is 7.90. The molecular formula is C12H23NO3. The Morgan fingerprint density at radius 1 is 1.25 bits per heavy atom. The van der Waals surface area contributed by atoms with Crippen LogP contribution < -0.4 is 0 Å². The van der Waals surface area contributed by atoms with Gasteiger partial charge in [0.2, 0.25) is 0 Å². The molecule has 2 heterocycles. The maximum absolute atomic E-state index is 8.59. The number of hydrogen-bond donors (Lipinski definition) is 1. The number of rotatable bonds is 6. The molecule has 16 heavy (non-hydrogen) atoms. The van der Waals surface area contributed by atoms with Crippen molar-refractivity contribution in [2.75, 3.05) is 52.7 Å². The fourth-order valence-electron chi connectivity index (χ4n) is 2.74. The van der Waals surface area contributed by atoms with E-state index in [4.69, 9.17) is 14.6 Å². The molecule has 1 N–H and O–H groups in total. The second-order valence-corrected chi connectivity index (χ2v) is 4.81. The lowest BCUT2D eigenvalue weighted by molar-refractivity contribution is 0.0767. The van der Waals surface area contributed by atoms with Gasteiger partial charge in [-0.3, -0.25) is 0 Å². The number of hydrogen-bond acceptors (Lipinski definition) is 4. The van der Waals surface area contributed by atoms with Crippen LogP contribution in [0.1, 0.15) is 12.8 Å². The fraction of sp³-hybridized carbons (Fsp3) is 1.00. The summed E-state index contributed by atoms with van der Waals surface area (Å²) in [6, 6.07) is 0. The standard InChI is InChI=1S/C12H23NO3/c14-5-8-15-7-4-13-3-1-11(9-13)12-2-6-16-10-12/h11-12,14H,1-10H2/t11-,12-/m1/s1. The van der Waals surface area contributed by atoms with E-state index in [0.29, 0.717) is 6.61 Å². The van der Waals surface area contributed by atoms with Crippen LogP contribution >= 0.6 is 0 Å². The van der Waals surface area contributed by atoms with E-state index < -0.39 is 0 Å². The molecule has 2 fully saturated rings. The SMILES string of the molecule is OCCOCCN1CC[C@@H]([C@@H]2CCOC2)C1. The fourth-order valence-corrected chi connectivity index (χ4v) is 2.74. The second-order valence-electron chi connectivity index (χ2n) is 4.81. The second kappa shape index (κ2) is 6.55. The van der Waals surface area contributed by atoms with E-state index in [-0.39, 0.29) is 6.61 Å². The Hall–Kier alpha value is -0.160. The van der Waals surface area contributed by atoms with Gasteiger partial charge in [0.25, 0.3) is 0 Å². The lowest BCUT2D eigenvalue weighted by Gasteiger charge is -2.18. The highest BCUT2D eigenvalue weighted by Crippen LogP contribution is 2.29. The molecule has 0 radical (unpaired) electrons. The minimum absolute atomic E-state index is 0.127. The van der Waals surface area contributed by atoms with Crippen LogP contribution in [-0.2, 0) is 9.47 Å². The Labute approximate surface area is 97.5 Å². The number of likely N-dealkylation sites (tertiary alicyclic amines) is 1. The van der Waals surface area contributed by atoms with Gasteiger partial charge in [-0.05, 0) is 31.2 Å². The Kier molecular flexibility index (Phi) is 5.03. The molecular weight excluding hydrogens is 206 g/mol. The topological polar surface area (TPSA) is 41.9 Å². The summed E-state index contributed by atoms with van der Waals surface area (Å²) >= 11 is 0. The summed E-state index contributed by atoms with van der Waals surface area (Å²) in [6.07, 6.45) is 2.56. The van der Waals surface area contributed by atoms with Crippen LogP contribution in [0.3, 0.4) is 0 Å². The van der Waals surface area contributed by atoms with Gasteiger partial charge >= 0.3 is 0 Å². The maximum atomic E-state index is 8.59. The van der Waals surface area contributed by atoms with Crippen LogP contribution in [-0.4, -0.2) is 62.7 Å². The Morgan fingerprint density at radius 2 is 2.19 bits per heavy atom. The molecule has 2 aliphatic rings. The lowest BCUT2D eigenvalue weighted by Crippen LogP contribution is -2.27. The van der Waals surface area contributed by atoms with Crippen LogP contribution in [0.25, 0.3) is 0 Å². The van der Waals surface area contributed by atoms with E-state index in [0.717, 1.165) is 38.2 Å². The minimum atomic E-state index is 0.127. The largest absolute Gasteiger partial charge is 0.394 e. The average Bonchev–Trinajstić information content (AvgIpc) is 2.94. The van der Waals surface area contributed by atoms with E-state index >= 15 is 0 Å². The van der Waals surface area contributed by atoms with Crippen molar-refractivity contribution in [3.05, 3.63) is 0 Å². The van der Waals surface area contributed by atoms with Crippen LogP contribution in [0.15, 0.2) is 0 Å². The van der Waals surface area contributed by atoms with E-state index in [1.807, 2.05) is 0 Å². The molecule has 0 aromatic rings. The van der Waals surface area contributed by atoms with Gasteiger partial charge in [0.1, 0.15) is 0 Å². The average molecular weight is 229 g/mol. The van der Waals surface area contributed by atoms with Gasteiger partial charge in [-0.25, -0.2) is 0 Å². The van der Waals surface area contributed by atoms with Crippen molar-refractivity contribution < 1.29 is 14.6 Å². The maximum Gasteiger partial charge on any atom is 0.0698 e. The first-order valence-corrected chi connectivity index (χ1v) is 6.39. The number of aliphatic hydroxyl groups excluding tert-OH is 1. The van der Waals surface area contributed by atoms with E-state index in [9.17, 15) is 0 Å². The molecule has 4 nitrogen and oxygen atoms in total. The number of nitrogens with zero attached hydrogens (tertiary/aromatic N) is 1. The highest BCUT2D eigenvalue weighted by Gasteiger charge is 2.31. The first-order valence-electron chi connectivity index (χ1n) is 6.39. The molecule has 0 bridgehead atoms. The molecule has 2 atom stereocenters. The molecule has 94 valence electrons. The highest BCUT2D eigenvalue weighted by atomic mass is 16.5. The van der Waals surface area contributed by atoms with Gasteiger partial charge in [0.15, 0.2) is 0 Å². The van der Waals surface area contributed by atoms with Crippen molar-refractivity contribution in [3.8, 4) is 0 Å². The zero-order chi connectivity index (χ0) is 11.2. The number of ether oxygens (including phenoxy) is 2. The summed E-state index contributed by atoms with van der Waals surface area (Å²) in [5, 5.41) is 8.59. The van der Waals surface area contributed by atoms with Crippen LogP contribution in [0, 0.1) is 11.8 Å². The van der Waals surface area contributed by atoms with Gasteiger partial charge in [-0.1, -0.05) is 0 Å². The molecule has 4 heteroatoms. The summed E-state index contributed by atoms with van der Waals surface area (Å²) < 4.78 is 10.7. The highest BCUT2D eigenvalue weighted by molar-refractivity contribution is 4.82. The van der Waals surface area contributed by atoms with Crippen molar-refractivity contribution in [1.29, 1.82) is 0 Å². The normalized spacial score (nSPS) is 31.3. The predicted octanol–water partition coefficient (Wildman–Crippen LogP) is 0.354. The molecule has 2 rings (SSSR count). The van der Waals surface area contributed by atoms with Gasteiger partial charge in [-0.2, -0.15) is 0 Å². The van der Waals surface area contributed by atoms with E-state index in [2.05, 4.69) is 4.90 Å². The van der Waals surface area contributed by atoms with Crippen molar-refractivity contribution in [1.82, 2.24) is 4.90 Å². The molecule has 0 spiro atoms. The summed E-state index contributed by atoms with van der Waals surface area (Å²) in [5.74, 6) is 1.63. The summed E-state index contributed by atoms with van der Waals surface area (Å²) in [7, 11) is 0. The molecule has 0 aliphatic carbocycles. The minimum Gasteiger partial charge on any atom is -0.394 e. The molecule has 0 aromatic heterocycles. The molecule has 0 saturated carbocycles. The van der Waals surface area contributed by atoms with E-state index in [1.165, 1.54) is 25.9 Å². The predicted molar refractivity (Wildman–Crippen MR) is 61.4 cm³/mol. The van der Waals surface area contributed by atoms with Crippen molar-refractivity contribution >= 4 is 0 Å². The first kappa shape index (κ1) is 12.3. The zero-order valence-corrected chi connectivity index (χ0v) is 9.94. The van der Waals surface area contributed by atoms with Crippen LogP contribution in [0.4, 0.5) is 0 Å². The van der Waals surface area contributed by atoms with Gasteiger partial charge in [0, 0.05) is 26.3 Å². The van der Waals surface area contributed by atoms with Gasteiger partial charge in [0.05, 0.1) is 19.8 Å². The van der Waals surface area contributed by atoms with Crippen LogP contribution in [0.5, 0.6) is 0 Å². The number of aliphatic hydroxyl groups is 1. The summed E-state index contributed by atoms with van der Waals surface area (Å²) in [4.78, 5) is 2.47. The Morgan fingerprint density at radius 3 is 2.94 bits per heavy atom. The van der Waals surface area contributed by atoms with Gasteiger partial charge < -0.3 is 19.5 Å². The molecule has 0 amide bonds. The summed E-state index contributed by atoms with van der Waals surface area (Å²) in [6.45, 7) is 6.68. The Balaban J connectivity index is 1.59. The van der Waals surface area contributed by atoms with Crippen molar-refractivity contribution in [3.63, 3.8) is 0 Å². The zero-order valence-electron chi connectivity index (χ0n) is 9.94. The lowest BCUT2D eigenvalue weighted by atomic mass is 9.91. The molecule has 2 saturated heterocycles. The van der Waals surface area contributed by atoms with E-state index in [1.54, 1.807) is 0 Å². The molecule has 0 unspecified atom stereocenters. The van der Waals surface area contributed by atoms with Gasteiger partial charge in [-0.15, -0.1) is 0 Å². The Bertz CT molecular complexity index is 195. The molecule has 2 aliphatic heterocycles. The quantitative estimate of drug-likeness (QED) is 0.668. The van der Waals surface area contributed by atoms with Crippen molar-refractivity contribution in [2.45, 2.75) is 12.8 Å². The summed E-state index contributed by atoms with van der Waals surface area (Å²) in [5.41, 5.74) is 0. The monoisotopic (exact) mass is 229 g/mol.